The standard InChI is InChI=1S/C9H10ClN3O3/c10-9-11-2-1-7(12-9)13-4-5(14)3-6(13)8(15)16/h1-2,5-6,14H,3-4H2,(H,15,16). The molecule has 0 bridgehead atoms. The first-order valence-electron chi connectivity index (χ1n) is 4.74. The van der Waals surface area contributed by atoms with Gasteiger partial charge in [0.2, 0.25) is 5.28 Å². The second-order valence-corrected chi connectivity index (χ2v) is 3.92. The SMILES string of the molecule is O=C(O)C1CC(O)CN1c1ccnc(Cl)n1. The molecular formula is C9H10ClN3O3. The Bertz CT molecular complexity index is 415. The Kier molecular flexibility index (Phi) is 2.93. The average molecular weight is 244 g/mol. The number of rotatable bonds is 2. The van der Waals surface area contributed by atoms with Crippen molar-refractivity contribution < 1.29 is 15.0 Å². The van der Waals surface area contributed by atoms with E-state index in [-0.39, 0.29) is 18.2 Å². The summed E-state index contributed by atoms with van der Waals surface area (Å²) in [5.41, 5.74) is 0. The van der Waals surface area contributed by atoms with Gasteiger partial charge in [-0.1, -0.05) is 0 Å². The van der Waals surface area contributed by atoms with E-state index in [2.05, 4.69) is 9.97 Å². The molecule has 1 aliphatic heterocycles. The third kappa shape index (κ3) is 2.07. The Morgan fingerprint density at radius 2 is 2.38 bits per heavy atom. The van der Waals surface area contributed by atoms with Gasteiger partial charge in [0.1, 0.15) is 11.9 Å². The zero-order valence-electron chi connectivity index (χ0n) is 8.25. The van der Waals surface area contributed by atoms with Gasteiger partial charge in [-0.2, -0.15) is 0 Å². The molecule has 16 heavy (non-hydrogen) atoms. The van der Waals surface area contributed by atoms with Crippen molar-refractivity contribution in [2.75, 3.05) is 11.4 Å². The average Bonchev–Trinajstić information content (AvgIpc) is 2.60. The molecular weight excluding hydrogens is 234 g/mol. The molecule has 1 fully saturated rings. The number of hydrogen-bond acceptors (Lipinski definition) is 5. The summed E-state index contributed by atoms with van der Waals surface area (Å²) in [6, 6.07) is 0.806. The first-order chi connectivity index (χ1) is 7.58. The number of nitrogens with zero attached hydrogens (tertiary/aromatic N) is 3. The summed E-state index contributed by atoms with van der Waals surface area (Å²) >= 11 is 5.63. The van der Waals surface area contributed by atoms with Crippen LogP contribution in [0.4, 0.5) is 5.82 Å². The molecule has 1 aromatic heterocycles. The van der Waals surface area contributed by atoms with Gasteiger partial charge in [-0.25, -0.2) is 14.8 Å². The molecule has 2 heterocycles. The number of anilines is 1. The molecule has 0 radical (unpaired) electrons. The molecule has 6 nitrogen and oxygen atoms in total. The van der Waals surface area contributed by atoms with E-state index in [1.165, 1.54) is 11.1 Å². The quantitative estimate of drug-likeness (QED) is 0.720. The molecule has 7 heteroatoms. The lowest BCUT2D eigenvalue weighted by Crippen LogP contribution is -2.36. The fraction of sp³-hybridized carbons (Fsp3) is 0.444. The monoisotopic (exact) mass is 243 g/mol. The lowest BCUT2D eigenvalue weighted by molar-refractivity contribution is -0.138. The third-order valence-electron chi connectivity index (χ3n) is 2.47. The predicted octanol–water partition coefficient (Wildman–Crippen LogP) is 0.154. The molecule has 0 aromatic carbocycles. The first kappa shape index (κ1) is 11.1. The van der Waals surface area contributed by atoms with Crippen molar-refractivity contribution >= 4 is 23.4 Å². The molecule has 2 rings (SSSR count). The van der Waals surface area contributed by atoms with E-state index in [9.17, 15) is 9.90 Å². The van der Waals surface area contributed by atoms with Crippen molar-refractivity contribution in [2.24, 2.45) is 0 Å². The number of aliphatic hydroxyl groups is 1. The Morgan fingerprint density at radius 3 is 3.00 bits per heavy atom. The van der Waals surface area contributed by atoms with E-state index in [0.717, 1.165) is 0 Å². The van der Waals surface area contributed by atoms with Gasteiger partial charge in [-0.05, 0) is 17.7 Å². The zero-order valence-corrected chi connectivity index (χ0v) is 9.00. The molecule has 86 valence electrons. The number of carboxylic acid groups (broad SMARTS) is 1. The third-order valence-corrected chi connectivity index (χ3v) is 2.65. The minimum Gasteiger partial charge on any atom is -0.480 e. The predicted molar refractivity (Wildman–Crippen MR) is 56.4 cm³/mol. The number of hydrogen-bond donors (Lipinski definition) is 2. The molecule has 2 unspecified atom stereocenters. The fourth-order valence-corrected chi connectivity index (χ4v) is 1.93. The minimum absolute atomic E-state index is 0.0584. The Hall–Kier alpha value is -1.40. The first-order valence-corrected chi connectivity index (χ1v) is 5.12. The van der Waals surface area contributed by atoms with Crippen molar-refractivity contribution in [1.29, 1.82) is 0 Å². The van der Waals surface area contributed by atoms with Crippen molar-refractivity contribution in [2.45, 2.75) is 18.6 Å². The summed E-state index contributed by atoms with van der Waals surface area (Å²) in [6.07, 6.45) is 0.987. The lowest BCUT2D eigenvalue weighted by Gasteiger charge is -2.21. The zero-order chi connectivity index (χ0) is 11.7. The van der Waals surface area contributed by atoms with Gasteiger partial charge in [0.15, 0.2) is 0 Å². The van der Waals surface area contributed by atoms with Gasteiger partial charge in [0.05, 0.1) is 6.10 Å². The van der Waals surface area contributed by atoms with Gasteiger partial charge in [-0.3, -0.25) is 0 Å². The van der Waals surface area contributed by atoms with Crippen molar-refractivity contribution in [3.05, 3.63) is 17.5 Å². The molecule has 2 N–H and O–H groups in total. The molecule has 0 saturated carbocycles. The van der Waals surface area contributed by atoms with E-state index >= 15 is 0 Å². The highest BCUT2D eigenvalue weighted by atomic mass is 35.5. The summed E-state index contributed by atoms with van der Waals surface area (Å²) < 4.78 is 0. The van der Waals surface area contributed by atoms with Gasteiger partial charge in [-0.15, -0.1) is 0 Å². The molecule has 1 saturated heterocycles. The molecule has 0 amide bonds. The number of halogens is 1. The van der Waals surface area contributed by atoms with Crippen LogP contribution in [-0.4, -0.2) is 44.8 Å². The lowest BCUT2D eigenvalue weighted by atomic mass is 10.2. The number of aromatic nitrogens is 2. The van der Waals surface area contributed by atoms with Crippen LogP contribution < -0.4 is 4.90 Å². The van der Waals surface area contributed by atoms with Crippen molar-refractivity contribution in [3.8, 4) is 0 Å². The van der Waals surface area contributed by atoms with E-state index in [0.29, 0.717) is 5.82 Å². The van der Waals surface area contributed by atoms with E-state index in [4.69, 9.17) is 16.7 Å². The second-order valence-electron chi connectivity index (χ2n) is 3.58. The number of β-amino-alcohol motifs (C(OH)–C–C–N with tert-alkyl or cyclic N) is 1. The minimum atomic E-state index is -0.980. The normalized spacial score (nSPS) is 24.8. The van der Waals surface area contributed by atoms with Gasteiger partial charge < -0.3 is 15.1 Å². The Morgan fingerprint density at radius 1 is 1.62 bits per heavy atom. The summed E-state index contributed by atoms with van der Waals surface area (Å²) in [5.74, 6) is -0.560. The molecule has 0 aliphatic carbocycles. The Balaban J connectivity index is 2.28. The fourth-order valence-electron chi connectivity index (χ4n) is 1.79. The summed E-state index contributed by atoms with van der Waals surface area (Å²) in [6.45, 7) is 0.240. The number of carboxylic acids is 1. The summed E-state index contributed by atoms with van der Waals surface area (Å²) in [4.78, 5) is 20.1. The number of aliphatic hydroxyl groups excluding tert-OH is 1. The molecule has 2 atom stereocenters. The van der Waals surface area contributed by atoms with Crippen LogP contribution in [-0.2, 0) is 4.79 Å². The maximum Gasteiger partial charge on any atom is 0.326 e. The Labute approximate surface area is 96.5 Å². The van der Waals surface area contributed by atoms with Crippen LogP contribution in [0, 0.1) is 0 Å². The number of aliphatic carboxylic acids is 1. The second kappa shape index (κ2) is 4.23. The van der Waals surface area contributed by atoms with Crippen molar-refractivity contribution in [1.82, 2.24) is 9.97 Å². The van der Waals surface area contributed by atoms with Gasteiger partial charge in [0, 0.05) is 19.2 Å². The van der Waals surface area contributed by atoms with Crippen LogP contribution in [0.25, 0.3) is 0 Å². The highest BCUT2D eigenvalue weighted by Gasteiger charge is 2.36. The van der Waals surface area contributed by atoms with Crippen LogP contribution in [0.15, 0.2) is 12.3 Å². The van der Waals surface area contributed by atoms with Crippen LogP contribution >= 0.6 is 11.6 Å². The number of carbonyl (C=O) groups is 1. The molecule has 1 aliphatic rings. The van der Waals surface area contributed by atoms with Crippen LogP contribution in [0.1, 0.15) is 6.42 Å². The van der Waals surface area contributed by atoms with Crippen LogP contribution in [0.5, 0.6) is 0 Å². The largest absolute Gasteiger partial charge is 0.480 e. The van der Waals surface area contributed by atoms with Crippen molar-refractivity contribution in [3.63, 3.8) is 0 Å². The summed E-state index contributed by atoms with van der Waals surface area (Å²) in [7, 11) is 0. The van der Waals surface area contributed by atoms with Gasteiger partial charge >= 0.3 is 5.97 Å². The highest BCUT2D eigenvalue weighted by Crippen LogP contribution is 2.24. The van der Waals surface area contributed by atoms with E-state index in [1.54, 1.807) is 6.07 Å². The van der Waals surface area contributed by atoms with Crippen LogP contribution in [0.3, 0.4) is 0 Å². The maximum absolute atomic E-state index is 11.0. The molecule has 0 spiro atoms. The van der Waals surface area contributed by atoms with E-state index < -0.39 is 18.1 Å². The smallest absolute Gasteiger partial charge is 0.326 e. The van der Waals surface area contributed by atoms with Gasteiger partial charge in [0.25, 0.3) is 0 Å². The highest BCUT2D eigenvalue weighted by molar-refractivity contribution is 6.28. The summed E-state index contributed by atoms with van der Waals surface area (Å²) in [5, 5.41) is 18.5. The molecule has 1 aromatic rings. The van der Waals surface area contributed by atoms with Crippen LogP contribution in [0.2, 0.25) is 5.28 Å². The topological polar surface area (TPSA) is 86.5 Å². The van der Waals surface area contributed by atoms with E-state index in [1.807, 2.05) is 0 Å². The maximum atomic E-state index is 11.0.